The van der Waals surface area contributed by atoms with Crippen LogP contribution >= 0.6 is 0 Å². The van der Waals surface area contributed by atoms with E-state index in [9.17, 15) is 19.5 Å². The fourth-order valence-electron chi connectivity index (χ4n) is 3.41. The lowest BCUT2D eigenvalue weighted by Crippen LogP contribution is -2.47. The zero-order valence-corrected chi connectivity index (χ0v) is 20.7. The minimum atomic E-state index is -1.12. The number of carboxylic acid groups (broad SMARTS) is 1. The number of hydrogen-bond donors (Lipinski definition) is 4. The molecule has 4 N–H and O–H groups in total. The zero-order valence-electron chi connectivity index (χ0n) is 20.7. The van der Waals surface area contributed by atoms with Crippen molar-refractivity contribution in [3.05, 3.63) is 23.4 Å². The number of methoxy groups -OCH3 is 2. The number of aromatic nitrogens is 1. The summed E-state index contributed by atoms with van der Waals surface area (Å²) in [6, 6.07) is 3.12. The number of nitrogens with one attached hydrogen (secondary N) is 3. The van der Waals surface area contributed by atoms with Crippen molar-refractivity contribution in [1.29, 1.82) is 0 Å². The van der Waals surface area contributed by atoms with Gasteiger partial charge in [-0.15, -0.1) is 0 Å². The highest BCUT2D eigenvalue weighted by Crippen LogP contribution is 2.15. The van der Waals surface area contributed by atoms with Crippen LogP contribution in [-0.2, 0) is 31.9 Å². The Morgan fingerprint density at radius 3 is 2.53 bits per heavy atom. The maximum atomic E-state index is 11.9. The first-order valence-corrected chi connectivity index (χ1v) is 11.6. The Morgan fingerprint density at radius 1 is 1.15 bits per heavy atom. The lowest BCUT2D eigenvalue weighted by molar-refractivity contribution is -0.142. The summed E-state index contributed by atoms with van der Waals surface area (Å²) >= 11 is 0. The van der Waals surface area contributed by atoms with Crippen LogP contribution in [0.15, 0.2) is 12.1 Å². The van der Waals surface area contributed by atoms with Crippen molar-refractivity contribution >= 4 is 23.8 Å². The Hall–Kier alpha value is -2.92. The highest BCUT2D eigenvalue weighted by atomic mass is 16.5. The van der Waals surface area contributed by atoms with Gasteiger partial charge in [-0.3, -0.25) is 4.79 Å². The van der Waals surface area contributed by atoms with Gasteiger partial charge < -0.3 is 35.4 Å². The largest absolute Gasteiger partial charge is 0.480 e. The smallest absolute Gasteiger partial charge is 0.407 e. The summed E-state index contributed by atoms with van der Waals surface area (Å²) in [6.07, 6.45) is 3.13. The molecule has 1 rings (SSSR count). The van der Waals surface area contributed by atoms with Crippen LogP contribution in [-0.4, -0.2) is 93.1 Å². The number of nitrogens with zero attached hydrogens (tertiary/aromatic N) is 2. The molecule has 1 unspecified atom stereocenters. The number of carbonyl (C=O) groups excluding carboxylic acids is 2. The van der Waals surface area contributed by atoms with Gasteiger partial charge in [0, 0.05) is 32.9 Å². The maximum absolute atomic E-state index is 11.9. The van der Waals surface area contributed by atoms with Gasteiger partial charge in [-0.1, -0.05) is 13.0 Å². The Kier molecular flexibility index (Phi) is 14.3. The monoisotopic (exact) mass is 481 g/mol. The number of ether oxygens (including phenoxy) is 2. The number of carbonyl (C=O) groups is 3. The van der Waals surface area contributed by atoms with E-state index in [1.807, 2.05) is 7.05 Å². The molecule has 0 bridgehead atoms. The van der Waals surface area contributed by atoms with Gasteiger partial charge in [0.05, 0.1) is 13.7 Å². The molecule has 1 heterocycles. The lowest BCUT2D eigenvalue weighted by Gasteiger charge is -2.24. The van der Waals surface area contributed by atoms with Crippen LogP contribution in [0.2, 0.25) is 0 Å². The molecule has 0 aliphatic heterocycles. The normalized spacial score (nSPS) is 11.7. The van der Waals surface area contributed by atoms with Crippen molar-refractivity contribution in [2.45, 2.75) is 45.1 Å². The van der Waals surface area contributed by atoms with E-state index in [2.05, 4.69) is 49.6 Å². The van der Waals surface area contributed by atoms with Gasteiger partial charge in [0.25, 0.3) is 0 Å². The molecule has 0 aliphatic rings. The van der Waals surface area contributed by atoms with Crippen LogP contribution < -0.4 is 16.0 Å². The van der Waals surface area contributed by atoms with Gasteiger partial charge in [0.15, 0.2) is 0 Å². The van der Waals surface area contributed by atoms with Crippen molar-refractivity contribution in [2.24, 2.45) is 0 Å². The first-order chi connectivity index (χ1) is 16.3. The summed E-state index contributed by atoms with van der Waals surface area (Å²) in [7, 11) is 4.68. The Balaban J connectivity index is 2.53. The molecule has 1 aromatic rings. The predicted molar refractivity (Wildman–Crippen MR) is 129 cm³/mol. The second-order valence-corrected chi connectivity index (χ2v) is 7.80. The number of aliphatic carboxylic acids is 1. The molecule has 34 heavy (non-hydrogen) atoms. The predicted octanol–water partition coefficient (Wildman–Crippen LogP) is 1.27. The molecule has 0 aromatic carbocycles. The van der Waals surface area contributed by atoms with Crippen molar-refractivity contribution in [2.75, 3.05) is 59.4 Å². The molecule has 0 spiro atoms. The number of carboxylic acids is 1. The Morgan fingerprint density at radius 2 is 1.91 bits per heavy atom. The molecule has 0 radical (unpaired) electrons. The molecule has 0 fully saturated rings. The maximum Gasteiger partial charge on any atom is 0.407 e. The molecular weight excluding hydrogens is 442 g/mol. The average Bonchev–Trinajstić information content (AvgIpc) is 2.84. The number of hydrogen-bond acceptors (Lipinski definition) is 8. The standard InChI is InChI=1S/C23H39N5O6/c1-5-17-9-10-18(26-21(17)24-2)8-6-7-12-28(14-15-33-3)13-11-19(22(30)31)27-20(29)16-25-23(32)34-4/h9-10,19H,5-8,11-16H2,1-4H3,(H,24,26)(H,25,32)(H,27,29)(H,30,31). The second-order valence-electron chi connectivity index (χ2n) is 7.80. The van der Waals surface area contributed by atoms with Crippen LogP contribution in [0.5, 0.6) is 0 Å². The molecule has 0 saturated carbocycles. The van der Waals surface area contributed by atoms with Crippen molar-refractivity contribution in [3.63, 3.8) is 0 Å². The quantitative estimate of drug-likeness (QED) is 0.242. The van der Waals surface area contributed by atoms with Crippen LogP contribution in [0.1, 0.15) is 37.4 Å². The van der Waals surface area contributed by atoms with Crippen LogP contribution in [0.25, 0.3) is 0 Å². The van der Waals surface area contributed by atoms with Gasteiger partial charge in [-0.05, 0) is 50.3 Å². The van der Waals surface area contributed by atoms with E-state index in [1.54, 1.807) is 7.11 Å². The van der Waals surface area contributed by atoms with Crippen molar-refractivity contribution in [3.8, 4) is 0 Å². The van der Waals surface area contributed by atoms with Gasteiger partial charge in [0.2, 0.25) is 5.91 Å². The van der Waals surface area contributed by atoms with Crippen molar-refractivity contribution < 1.29 is 29.0 Å². The molecule has 1 atom stereocenters. The molecule has 11 heteroatoms. The molecule has 192 valence electrons. The third-order valence-corrected chi connectivity index (χ3v) is 5.37. The van der Waals surface area contributed by atoms with E-state index in [-0.39, 0.29) is 13.0 Å². The van der Waals surface area contributed by atoms with Gasteiger partial charge in [0.1, 0.15) is 18.4 Å². The number of alkyl carbamates (subject to hydrolysis) is 1. The fourth-order valence-corrected chi connectivity index (χ4v) is 3.41. The van der Waals surface area contributed by atoms with Crippen molar-refractivity contribution in [1.82, 2.24) is 20.5 Å². The number of anilines is 1. The van der Waals surface area contributed by atoms with E-state index in [4.69, 9.17) is 4.74 Å². The average molecular weight is 482 g/mol. The molecule has 1 aromatic heterocycles. The Labute approximate surface area is 201 Å². The van der Waals surface area contributed by atoms with Crippen LogP contribution in [0.4, 0.5) is 10.6 Å². The number of rotatable bonds is 17. The van der Waals surface area contributed by atoms with Crippen LogP contribution in [0.3, 0.4) is 0 Å². The number of aryl methyl sites for hydroxylation is 2. The van der Waals surface area contributed by atoms with E-state index in [0.29, 0.717) is 19.7 Å². The number of amides is 2. The van der Waals surface area contributed by atoms with Gasteiger partial charge in [-0.25, -0.2) is 14.6 Å². The van der Waals surface area contributed by atoms with E-state index >= 15 is 0 Å². The summed E-state index contributed by atoms with van der Waals surface area (Å²) in [5, 5.41) is 17.3. The highest BCUT2D eigenvalue weighted by molar-refractivity contribution is 5.86. The van der Waals surface area contributed by atoms with E-state index < -0.39 is 24.0 Å². The zero-order chi connectivity index (χ0) is 25.3. The lowest BCUT2D eigenvalue weighted by atomic mass is 10.1. The minimum Gasteiger partial charge on any atom is -0.480 e. The second kappa shape index (κ2) is 16.7. The first-order valence-electron chi connectivity index (χ1n) is 11.6. The summed E-state index contributed by atoms with van der Waals surface area (Å²) in [4.78, 5) is 41.4. The molecular formula is C23H39N5O6. The highest BCUT2D eigenvalue weighted by Gasteiger charge is 2.21. The molecule has 11 nitrogen and oxygen atoms in total. The Bertz CT molecular complexity index is 776. The summed E-state index contributed by atoms with van der Waals surface area (Å²) in [5.74, 6) is -0.797. The molecule has 0 aliphatic carbocycles. The first kappa shape index (κ1) is 29.1. The summed E-state index contributed by atoms with van der Waals surface area (Å²) in [6.45, 7) is 4.20. The summed E-state index contributed by atoms with van der Waals surface area (Å²) in [5.41, 5.74) is 2.23. The SMILES string of the molecule is CCc1ccc(CCCCN(CCOC)CCC(NC(=O)CNC(=O)OC)C(=O)O)nc1NC. The topological polar surface area (TPSA) is 142 Å². The number of pyridine rings is 1. The van der Waals surface area contributed by atoms with E-state index in [1.165, 1.54) is 12.7 Å². The van der Waals surface area contributed by atoms with Gasteiger partial charge in [-0.2, -0.15) is 0 Å². The molecule has 0 saturated heterocycles. The van der Waals surface area contributed by atoms with E-state index in [0.717, 1.165) is 43.7 Å². The fraction of sp³-hybridized carbons (Fsp3) is 0.652. The molecule has 2 amide bonds. The minimum absolute atomic E-state index is 0.231. The van der Waals surface area contributed by atoms with Crippen LogP contribution in [0, 0.1) is 0 Å². The third kappa shape index (κ3) is 11.3. The summed E-state index contributed by atoms with van der Waals surface area (Å²) < 4.78 is 9.58. The number of unbranched alkanes of at least 4 members (excludes halogenated alkanes) is 1. The van der Waals surface area contributed by atoms with Gasteiger partial charge >= 0.3 is 12.1 Å². The third-order valence-electron chi connectivity index (χ3n) is 5.37.